The first kappa shape index (κ1) is 11.7. The third-order valence-electron chi connectivity index (χ3n) is 3.30. The number of imidazole rings is 1. The molecule has 6 heteroatoms. The van der Waals surface area contributed by atoms with E-state index in [1.54, 1.807) is 6.20 Å². The predicted molar refractivity (Wildman–Crippen MR) is 80.1 cm³/mol. The van der Waals surface area contributed by atoms with Crippen LogP contribution >= 0.6 is 0 Å². The molecule has 0 saturated heterocycles. The van der Waals surface area contributed by atoms with Crippen molar-refractivity contribution in [1.82, 2.24) is 20.2 Å². The first-order chi connectivity index (χ1) is 10.3. The maximum absolute atomic E-state index is 12.2. The number of nitrogens with zero attached hydrogens (tertiary/aromatic N) is 2. The average Bonchev–Trinajstić information content (AvgIpc) is 3.13. The molecule has 1 amide bonds. The molecule has 0 spiro atoms. The number of nitrogens with one attached hydrogen (secondary N) is 3. The number of benzene rings is 2. The van der Waals surface area contributed by atoms with Crippen molar-refractivity contribution in [3.63, 3.8) is 0 Å². The zero-order valence-electron chi connectivity index (χ0n) is 10.9. The van der Waals surface area contributed by atoms with Crippen LogP contribution in [0.5, 0.6) is 0 Å². The molecule has 3 N–H and O–H groups in total. The van der Waals surface area contributed by atoms with Gasteiger partial charge < -0.3 is 10.3 Å². The fraction of sp³-hybridized carbons (Fsp3) is 0. The van der Waals surface area contributed by atoms with Gasteiger partial charge in [0, 0.05) is 11.1 Å². The van der Waals surface area contributed by atoms with Gasteiger partial charge in [-0.15, -0.1) is 0 Å². The number of anilines is 1. The maximum Gasteiger partial charge on any atom is 0.291 e. The Balaban J connectivity index is 1.64. The second-order valence-electron chi connectivity index (χ2n) is 4.73. The smallest absolute Gasteiger partial charge is 0.291 e. The molecule has 4 aromatic rings. The second kappa shape index (κ2) is 4.45. The van der Waals surface area contributed by atoms with Gasteiger partial charge in [-0.1, -0.05) is 12.1 Å². The largest absolute Gasteiger partial charge is 0.334 e. The Kier molecular flexibility index (Phi) is 2.47. The van der Waals surface area contributed by atoms with E-state index < -0.39 is 0 Å². The molecule has 4 rings (SSSR count). The summed E-state index contributed by atoms with van der Waals surface area (Å²) in [7, 11) is 0. The van der Waals surface area contributed by atoms with E-state index in [0.29, 0.717) is 11.5 Å². The number of carbonyl (C=O) groups excluding carboxylic acids is 1. The van der Waals surface area contributed by atoms with Crippen molar-refractivity contribution in [2.24, 2.45) is 0 Å². The molecule has 0 bridgehead atoms. The van der Waals surface area contributed by atoms with Crippen molar-refractivity contribution >= 4 is 33.5 Å². The van der Waals surface area contributed by atoms with Crippen LogP contribution in [-0.2, 0) is 0 Å². The van der Waals surface area contributed by atoms with Crippen molar-refractivity contribution < 1.29 is 4.79 Å². The molecule has 0 aliphatic rings. The van der Waals surface area contributed by atoms with Crippen LogP contribution in [0.25, 0.3) is 21.9 Å². The summed E-state index contributed by atoms with van der Waals surface area (Å²) in [6, 6.07) is 13.1. The Bertz CT molecular complexity index is 920. The topological polar surface area (TPSA) is 86.5 Å². The van der Waals surface area contributed by atoms with E-state index in [4.69, 9.17) is 0 Å². The fourth-order valence-corrected chi connectivity index (χ4v) is 2.27. The highest BCUT2D eigenvalue weighted by atomic mass is 16.2. The number of rotatable bonds is 2. The van der Waals surface area contributed by atoms with E-state index in [2.05, 4.69) is 25.5 Å². The first-order valence-corrected chi connectivity index (χ1v) is 6.49. The Morgan fingerprint density at radius 2 is 2.00 bits per heavy atom. The highest BCUT2D eigenvalue weighted by molar-refractivity contribution is 6.04. The van der Waals surface area contributed by atoms with Gasteiger partial charge in [-0.05, 0) is 30.3 Å². The number of para-hydroxylation sites is 2. The number of amides is 1. The molecule has 0 saturated carbocycles. The summed E-state index contributed by atoms with van der Waals surface area (Å²) in [5.41, 5.74) is 3.17. The number of aromatic amines is 2. The maximum atomic E-state index is 12.2. The quantitative estimate of drug-likeness (QED) is 0.526. The van der Waals surface area contributed by atoms with Crippen LogP contribution in [0.2, 0.25) is 0 Å². The highest BCUT2D eigenvalue weighted by Gasteiger charge is 2.11. The molecule has 2 aromatic heterocycles. The van der Waals surface area contributed by atoms with Crippen LogP contribution in [0.4, 0.5) is 5.69 Å². The molecule has 21 heavy (non-hydrogen) atoms. The number of H-pyrrole nitrogens is 2. The summed E-state index contributed by atoms with van der Waals surface area (Å²) in [5, 5.41) is 10.6. The van der Waals surface area contributed by atoms with E-state index >= 15 is 0 Å². The summed E-state index contributed by atoms with van der Waals surface area (Å²) in [5.74, 6) is 0.0194. The summed E-state index contributed by atoms with van der Waals surface area (Å²) in [6.07, 6.45) is 1.74. The molecule has 2 aromatic carbocycles. The number of fused-ring (bicyclic) bond motifs is 2. The average molecular weight is 277 g/mol. The summed E-state index contributed by atoms with van der Waals surface area (Å²) in [6.45, 7) is 0. The van der Waals surface area contributed by atoms with Gasteiger partial charge in [0.05, 0.1) is 22.7 Å². The lowest BCUT2D eigenvalue weighted by molar-refractivity contribution is 0.101. The normalized spacial score (nSPS) is 11.0. The monoisotopic (exact) mass is 277 g/mol. The van der Waals surface area contributed by atoms with Crippen LogP contribution in [0.3, 0.4) is 0 Å². The van der Waals surface area contributed by atoms with Crippen molar-refractivity contribution in [2.75, 3.05) is 5.32 Å². The molecule has 0 unspecified atom stereocenters. The minimum atomic E-state index is -0.273. The third-order valence-corrected chi connectivity index (χ3v) is 3.30. The third kappa shape index (κ3) is 2.02. The van der Waals surface area contributed by atoms with Crippen LogP contribution < -0.4 is 5.32 Å². The molecule has 0 fully saturated rings. The lowest BCUT2D eigenvalue weighted by atomic mass is 10.2. The molecule has 0 aliphatic carbocycles. The van der Waals surface area contributed by atoms with E-state index in [9.17, 15) is 4.79 Å². The molecular weight excluding hydrogens is 266 g/mol. The fourth-order valence-electron chi connectivity index (χ4n) is 2.27. The van der Waals surface area contributed by atoms with Gasteiger partial charge >= 0.3 is 0 Å². The van der Waals surface area contributed by atoms with Crippen LogP contribution in [0.1, 0.15) is 10.6 Å². The predicted octanol–water partition coefficient (Wildman–Crippen LogP) is 2.69. The van der Waals surface area contributed by atoms with E-state index in [1.807, 2.05) is 42.5 Å². The zero-order valence-corrected chi connectivity index (χ0v) is 10.9. The number of hydrogen-bond acceptors (Lipinski definition) is 3. The molecular formula is C15H11N5O. The minimum Gasteiger partial charge on any atom is -0.334 e. The first-order valence-electron chi connectivity index (χ1n) is 6.49. The molecule has 0 radical (unpaired) electrons. The standard InChI is InChI=1S/C15H11N5O/c21-15(14-18-11-3-1-2-4-12(11)19-14)17-10-6-5-9-8-16-20-13(9)7-10/h1-8H,(H,16,20)(H,17,21)(H,18,19). The number of hydrogen-bond donors (Lipinski definition) is 3. The van der Waals surface area contributed by atoms with Gasteiger partial charge in [0.2, 0.25) is 0 Å². The molecule has 102 valence electrons. The summed E-state index contributed by atoms with van der Waals surface area (Å²) in [4.78, 5) is 19.5. The lowest BCUT2D eigenvalue weighted by Gasteiger charge is -2.02. The minimum absolute atomic E-state index is 0.273. The lowest BCUT2D eigenvalue weighted by Crippen LogP contribution is -2.13. The van der Waals surface area contributed by atoms with Crippen molar-refractivity contribution in [3.05, 3.63) is 54.5 Å². The SMILES string of the molecule is O=C(Nc1ccc2cn[nH]c2c1)c1nc2ccccc2[nH]1. The van der Waals surface area contributed by atoms with Gasteiger partial charge in [0.25, 0.3) is 5.91 Å². The van der Waals surface area contributed by atoms with Gasteiger partial charge in [-0.2, -0.15) is 5.10 Å². The van der Waals surface area contributed by atoms with E-state index in [1.165, 1.54) is 0 Å². The van der Waals surface area contributed by atoms with Crippen molar-refractivity contribution in [1.29, 1.82) is 0 Å². The van der Waals surface area contributed by atoms with E-state index in [-0.39, 0.29) is 5.91 Å². The number of carbonyl (C=O) groups is 1. The Hall–Kier alpha value is -3.15. The van der Waals surface area contributed by atoms with Gasteiger partial charge in [-0.25, -0.2) is 4.98 Å². The Morgan fingerprint density at radius 3 is 2.90 bits per heavy atom. The van der Waals surface area contributed by atoms with Gasteiger partial charge in [0.15, 0.2) is 5.82 Å². The zero-order chi connectivity index (χ0) is 14.2. The van der Waals surface area contributed by atoms with Gasteiger partial charge in [-0.3, -0.25) is 9.89 Å². The highest BCUT2D eigenvalue weighted by Crippen LogP contribution is 2.17. The molecule has 0 aliphatic heterocycles. The Labute approximate surface area is 119 Å². The van der Waals surface area contributed by atoms with Gasteiger partial charge in [0.1, 0.15) is 0 Å². The molecule has 2 heterocycles. The second-order valence-corrected chi connectivity index (χ2v) is 4.73. The Morgan fingerprint density at radius 1 is 1.10 bits per heavy atom. The molecule has 6 nitrogen and oxygen atoms in total. The van der Waals surface area contributed by atoms with Crippen LogP contribution in [-0.4, -0.2) is 26.1 Å². The van der Waals surface area contributed by atoms with Crippen molar-refractivity contribution in [2.45, 2.75) is 0 Å². The number of aromatic nitrogens is 4. The molecule has 0 atom stereocenters. The summed E-state index contributed by atoms with van der Waals surface area (Å²) < 4.78 is 0. The van der Waals surface area contributed by atoms with Crippen LogP contribution in [0.15, 0.2) is 48.7 Å². The van der Waals surface area contributed by atoms with Crippen LogP contribution in [0, 0.1) is 0 Å². The van der Waals surface area contributed by atoms with E-state index in [0.717, 1.165) is 21.9 Å². The summed E-state index contributed by atoms with van der Waals surface area (Å²) >= 11 is 0. The van der Waals surface area contributed by atoms with Crippen molar-refractivity contribution in [3.8, 4) is 0 Å².